The molecule has 3 radical (unpaired) electrons. The molecule has 0 spiro atoms. The van der Waals surface area contributed by atoms with Crippen LogP contribution in [0.3, 0.4) is 0 Å². The zero-order chi connectivity index (χ0) is 67.4. The molecular weight excluding hydrogens is 1770 g/mol. The van der Waals surface area contributed by atoms with Crippen LogP contribution in [0.1, 0.15) is 22.4 Å². The minimum atomic E-state index is 0. The number of fused-ring (bicyclic) bond motifs is 1. The summed E-state index contributed by atoms with van der Waals surface area (Å²) in [7, 11) is 0. The summed E-state index contributed by atoms with van der Waals surface area (Å²) >= 11 is 0. The van der Waals surface area contributed by atoms with Crippen molar-refractivity contribution in [2.45, 2.75) is 27.7 Å². The molecule has 0 bridgehead atoms. The number of aryl methyl sites for hydroxylation is 4. The first kappa shape index (κ1) is 76.1. The molecule has 16 rings (SSSR count). The quantitative estimate of drug-likeness (QED) is 0.134. The number of hydrogen-bond donors (Lipinski definition) is 0. The topological polar surface area (TPSA) is 77.3 Å². The standard InChI is InChI=1S/C22H16N.C18H14N.C17H12N.2C12H10N.C11H8N.3Ir/c1-16-13-22(18-8-3-2-4-9-18)23-15-21(16)20-12-11-17-7-5-6-10-19(17)14-20;1-14-12-18(16-10-6-3-7-11-16)19-13-17(14)15-8-4-2-5-9-15;1-3-7-14(8-4-1)16-11-12-17(18-13-16)15-9-5-2-6-10-15;1-10-6-5-9-12(13-10)11-7-3-2-4-8-11;1-10-7-8-12(13-9-10)11-5-3-2-4-6-11;1-2-6-10(7-3-1)11-8-4-5-9-12-11;;;/h2-8,10-15H,1H3;2-10,12-13H,1H3;1-9,11-13H;2-7,9H,1H3;2-5,7-9H,1H3;1-6,8-9H;;;/q6*-1;;;. The third kappa shape index (κ3) is 22.7. The van der Waals surface area contributed by atoms with E-state index in [4.69, 9.17) is 0 Å². The average Bonchev–Trinajstić information content (AvgIpc) is 1.31. The van der Waals surface area contributed by atoms with E-state index in [2.05, 4.69) is 171 Å². The van der Waals surface area contributed by atoms with Crippen LogP contribution in [-0.2, 0) is 60.3 Å². The van der Waals surface area contributed by atoms with E-state index in [1.165, 1.54) is 55.3 Å². The zero-order valence-corrected chi connectivity index (χ0v) is 63.4. The smallest absolute Gasteiger partial charge is 0.0266 e. The van der Waals surface area contributed by atoms with Crippen LogP contribution in [0.4, 0.5) is 0 Å². The van der Waals surface area contributed by atoms with Crippen molar-refractivity contribution in [1.82, 2.24) is 29.9 Å². The van der Waals surface area contributed by atoms with Gasteiger partial charge >= 0.3 is 0 Å². The second-order valence-electron chi connectivity index (χ2n) is 22.8. The minimum absolute atomic E-state index is 0. The molecule has 0 amide bonds. The SMILES string of the molecule is Cc1cc(-c2[c-]cccc2)ncc1-c1ccc2ccccc2c1.Cc1cc(-c2[c-]cccc2)ncc1-c1ccccc1.Cc1ccc(-c2[c-]cccc2)nc1.Cc1cccc(-c2[c-]cccc2)n1.[Ir].[Ir].[Ir].[c-]1ccccc1-c1ccc(-c2ccccc2)cn1.[c-]1ccccc1-c1ccccn1. The minimum Gasteiger partial charge on any atom is -0.305 e. The summed E-state index contributed by atoms with van der Waals surface area (Å²) in [5, 5.41) is 2.52. The fourth-order valence-corrected chi connectivity index (χ4v) is 10.5. The third-order valence-electron chi connectivity index (χ3n) is 15.6. The molecule has 10 aromatic carbocycles. The molecule has 101 heavy (non-hydrogen) atoms. The molecule has 0 aliphatic carbocycles. The van der Waals surface area contributed by atoms with E-state index in [1.807, 2.05) is 269 Å². The average molecular weight is 1840 g/mol. The van der Waals surface area contributed by atoms with Gasteiger partial charge < -0.3 is 29.9 Å². The number of nitrogens with zero attached hydrogens (tertiary/aromatic N) is 6. The molecule has 6 heterocycles. The number of hydrogen-bond acceptors (Lipinski definition) is 6. The maximum Gasteiger partial charge on any atom is 0.0266 e. The van der Waals surface area contributed by atoms with Gasteiger partial charge in [-0.15, -0.1) is 215 Å². The molecule has 16 aromatic rings. The van der Waals surface area contributed by atoms with E-state index in [-0.39, 0.29) is 60.3 Å². The van der Waals surface area contributed by atoms with Crippen molar-refractivity contribution >= 4 is 10.8 Å². The van der Waals surface area contributed by atoms with Gasteiger partial charge in [0.15, 0.2) is 0 Å². The van der Waals surface area contributed by atoms with Crippen molar-refractivity contribution < 1.29 is 60.3 Å². The van der Waals surface area contributed by atoms with E-state index in [0.717, 1.165) is 78.8 Å². The predicted octanol–water partition coefficient (Wildman–Crippen LogP) is 22.7. The number of pyridine rings is 6. The van der Waals surface area contributed by atoms with E-state index < -0.39 is 0 Å². The first-order chi connectivity index (χ1) is 48.3. The molecule has 0 N–H and O–H groups in total. The van der Waals surface area contributed by atoms with Crippen LogP contribution in [0.15, 0.2) is 353 Å². The van der Waals surface area contributed by atoms with E-state index in [9.17, 15) is 0 Å². The van der Waals surface area contributed by atoms with Crippen molar-refractivity contribution in [2.75, 3.05) is 0 Å². The van der Waals surface area contributed by atoms with Gasteiger partial charge in [-0.1, -0.05) is 158 Å². The summed E-state index contributed by atoms with van der Waals surface area (Å²) in [5.41, 5.74) is 23.8. The molecule has 6 aromatic heterocycles. The molecule has 501 valence electrons. The van der Waals surface area contributed by atoms with Gasteiger partial charge in [0, 0.05) is 108 Å². The summed E-state index contributed by atoms with van der Waals surface area (Å²) < 4.78 is 0. The van der Waals surface area contributed by atoms with Crippen molar-refractivity contribution in [3.63, 3.8) is 0 Å². The second-order valence-corrected chi connectivity index (χ2v) is 22.8. The molecule has 0 saturated carbocycles. The van der Waals surface area contributed by atoms with Gasteiger partial charge in [0.25, 0.3) is 0 Å². The number of benzene rings is 10. The first-order valence-electron chi connectivity index (χ1n) is 32.4. The van der Waals surface area contributed by atoms with E-state index in [1.54, 1.807) is 6.20 Å². The Balaban J connectivity index is 0.000000155. The van der Waals surface area contributed by atoms with Gasteiger partial charge in [-0.2, -0.15) is 0 Å². The molecule has 0 aliphatic heterocycles. The van der Waals surface area contributed by atoms with Crippen LogP contribution >= 0.6 is 0 Å². The second kappa shape index (κ2) is 40.4. The Labute approximate surface area is 635 Å². The maximum absolute atomic E-state index is 4.63. The van der Waals surface area contributed by atoms with Crippen LogP contribution < -0.4 is 0 Å². The maximum atomic E-state index is 4.63. The van der Waals surface area contributed by atoms with Gasteiger partial charge in [0.05, 0.1) is 0 Å². The third-order valence-corrected chi connectivity index (χ3v) is 15.6. The van der Waals surface area contributed by atoms with Crippen molar-refractivity contribution in [1.29, 1.82) is 0 Å². The van der Waals surface area contributed by atoms with Gasteiger partial charge in [0.2, 0.25) is 0 Å². The Bertz CT molecular complexity index is 4910. The summed E-state index contributed by atoms with van der Waals surface area (Å²) in [6, 6.07) is 126. The summed E-state index contributed by atoms with van der Waals surface area (Å²) in [6.45, 7) is 8.28. The Morgan fingerprint density at radius 1 is 0.238 bits per heavy atom. The number of aromatic nitrogens is 6. The molecule has 0 unspecified atom stereocenters. The molecule has 9 heteroatoms. The van der Waals surface area contributed by atoms with Crippen molar-refractivity contribution in [3.8, 4) is 101 Å². The molecule has 0 saturated heterocycles. The predicted molar refractivity (Wildman–Crippen MR) is 404 cm³/mol. The van der Waals surface area contributed by atoms with Gasteiger partial charge in [-0.05, 0) is 130 Å². The fourth-order valence-electron chi connectivity index (χ4n) is 10.5. The Morgan fingerprint density at radius 3 is 1.05 bits per heavy atom. The van der Waals surface area contributed by atoms with Crippen LogP contribution in [0.5, 0.6) is 0 Å². The Morgan fingerprint density at radius 2 is 0.624 bits per heavy atom. The van der Waals surface area contributed by atoms with E-state index >= 15 is 0 Å². The molecule has 0 fully saturated rings. The first-order valence-corrected chi connectivity index (χ1v) is 32.4. The summed E-state index contributed by atoms with van der Waals surface area (Å²) in [5.74, 6) is 0. The van der Waals surface area contributed by atoms with Crippen molar-refractivity contribution in [2.24, 2.45) is 0 Å². The van der Waals surface area contributed by atoms with Gasteiger partial charge in [-0.25, -0.2) is 0 Å². The monoisotopic (exact) mass is 1840 g/mol. The summed E-state index contributed by atoms with van der Waals surface area (Å²) in [4.78, 5) is 26.6. The van der Waals surface area contributed by atoms with Crippen LogP contribution in [0.2, 0.25) is 0 Å². The normalized spacial score (nSPS) is 9.94. The Hall–Kier alpha value is -10.7. The van der Waals surface area contributed by atoms with Crippen LogP contribution in [-0.4, -0.2) is 29.9 Å². The molecular formula is C92H70Ir3N6-6. The molecule has 6 nitrogen and oxygen atoms in total. The molecule has 0 aliphatic rings. The number of rotatable bonds is 9. The van der Waals surface area contributed by atoms with Crippen LogP contribution in [0, 0.1) is 64.1 Å². The molecule has 0 atom stereocenters. The van der Waals surface area contributed by atoms with Gasteiger partial charge in [-0.3, -0.25) is 0 Å². The summed E-state index contributed by atoms with van der Waals surface area (Å²) in [6.07, 6.45) is 9.48. The van der Waals surface area contributed by atoms with Crippen molar-refractivity contribution in [3.05, 3.63) is 411 Å². The van der Waals surface area contributed by atoms with Crippen LogP contribution in [0.25, 0.3) is 112 Å². The fraction of sp³-hybridized carbons (Fsp3) is 0.0435. The van der Waals surface area contributed by atoms with Gasteiger partial charge in [0.1, 0.15) is 0 Å². The van der Waals surface area contributed by atoms with E-state index in [0.29, 0.717) is 0 Å². The Kier molecular flexibility index (Phi) is 30.4. The zero-order valence-electron chi connectivity index (χ0n) is 56.2. The largest absolute Gasteiger partial charge is 0.305 e.